The highest BCUT2D eigenvalue weighted by Crippen LogP contribution is 2.37. The van der Waals surface area contributed by atoms with Gasteiger partial charge in [-0.1, -0.05) is 41.9 Å². The van der Waals surface area contributed by atoms with Gasteiger partial charge in [0.25, 0.3) is 0 Å². The Bertz CT molecular complexity index is 616. The average Bonchev–Trinajstić information content (AvgIpc) is 2.78. The molecule has 1 N–H and O–H groups in total. The van der Waals surface area contributed by atoms with Crippen molar-refractivity contribution in [2.75, 3.05) is 19.8 Å². The van der Waals surface area contributed by atoms with Crippen LogP contribution < -0.4 is 14.8 Å². The molecule has 0 aromatic heterocycles. The van der Waals surface area contributed by atoms with Crippen molar-refractivity contribution in [3.05, 3.63) is 58.6 Å². The smallest absolute Gasteiger partial charge is 0.179 e. The van der Waals surface area contributed by atoms with Crippen molar-refractivity contribution in [1.29, 1.82) is 0 Å². The van der Waals surface area contributed by atoms with Gasteiger partial charge in [0.15, 0.2) is 11.5 Å². The molecule has 0 unspecified atom stereocenters. The van der Waals surface area contributed by atoms with E-state index in [1.54, 1.807) is 0 Å². The van der Waals surface area contributed by atoms with E-state index in [2.05, 4.69) is 29.6 Å². The van der Waals surface area contributed by atoms with E-state index in [-0.39, 0.29) is 0 Å². The van der Waals surface area contributed by atoms with Gasteiger partial charge in [0.2, 0.25) is 0 Å². The predicted octanol–water partition coefficient (Wildman–Crippen LogP) is 3.83. The first-order valence-corrected chi connectivity index (χ1v) is 8.03. The lowest BCUT2D eigenvalue weighted by Crippen LogP contribution is -2.16. The number of fused-ring (bicyclic) bond motifs is 1. The molecule has 0 spiro atoms. The summed E-state index contributed by atoms with van der Waals surface area (Å²) in [5.74, 6) is 1.43. The third kappa shape index (κ3) is 3.93. The maximum Gasteiger partial charge on any atom is 0.179 e. The molecule has 1 aliphatic heterocycles. The molecule has 0 bridgehead atoms. The van der Waals surface area contributed by atoms with Crippen LogP contribution >= 0.6 is 11.6 Å². The van der Waals surface area contributed by atoms with Crippen molar-refractivity contribution in [2.45, 2.75) is 19.4 Å². The van der Waals surface area contributed by atoms with Crippen LogP contribution in [-0.4, -0.2) is 19.8 Å². The first kappa shape index (κ1) is 15.2. The normalized spacial score (nSPS) is 13.7. The Kier molecular flexibility index (Phi) is 5.20. The number of rotatable bonds is 5. The van der Waals surface area contributed by atoms with Gasteiger partial charge in [-0.3, -0.25) is 0 Å². The summed E-state index contributed by atoms with van der Waals surface area (Å²) in [5, 5.41) is 4.07. The molecule has 0 radical (unpaired) electrons. The molecule has 0 saturated carbocycles. The fourth-order valence-corrected chi connectivity index (χ4v) is 2.78. The van der Waals surface area contributed by atoms with Crippen LogP contribution in [0.1, 0.15) is 17.5 Å². The summed E-state index contributed by atoms with van der Waals surface area (Å²) in [5.41, 5.74) is 2.45. The van der Waals surface area contributed by atoms with Crippen LogP contribution in [-0.2, 0) is 13.0 Å². The molecule has 1 heterocycles. The molecule has 2 aromatic rings. The van der Waals surface area contributed by atoms with Gasteiger partial charge in [-0.15, -0.1) is 0 Å². The summed E-state index contributed by atoms with van der Waals surface area (Å²) in [6.07, 6.45) is 1.90. The van der Waals surface area contributed by atoms with E-state index < -0.39 is 0 Å². The summed E-state index contributed by atoms with van der Waals surface area (Å²) in [6, 6.07) is 14.4. The Balaban J connectivity index is 1.56. The first-order valence-electron chi connectivity index (χ1n) is 7.65. The predicted molar refractivity (Wildman–Crippen MR) is 88.9 cm³/mol. The van der Waals surface area contributed by atoms with Crippen molar-refractivity contribution >= 4 is 11.6 Å². The molecule has 0 amide bonds. The van der Waals surface area contributed by atoms with Gasteiger partial charge in [0.05, 0.1) is 18.2 Å². The quantitative estimate of drug-likeness (QED) is 0.850. The molecular formula is C18H20ClNO2. The number of hydrogen-bond acceptors (Lipinski definition) is 3. The highest BCUT2D eigenvalue weighted by atomic mass is 35.5. The van der Waals surface area contributed by atoms with Gasteiger partial charge < -0.3 is 14.8 Å². The molecule has 116 valence electrons. The first-order chi connectivity index (χ1) is 10.8. The van der Waals surface area contributed by atoms with Gasteiger partial charge >= 0.3 is 0 Å². The second-order valence-electron chi connectivity index (χ2n) is 5.37. The second-order valence-corrected chi connectivity index (χ2v) is 5.77. The zero-order chi connectivity index (χ0) is 15.2. The highest BCUT2D eigenvalue weighted by molar-refractivity contribution is 6.32. The minimum absolute atomic E-state index is 0.624. The summed E-state index contributed by atoms with van der Waals surface area (Å²) >= 11 is 6.30. The van der Waals surface area contributed by atoms with E-state index in [9.17, 15) is 0 Å². The van der Waals surface area contributed by atoms with Crippen molar-refractivity contribution in [3.63, 3.8) is 0 Å². The van der Waals surface area contributed by atoms with Crippen LogP contribution in [0.5, 0.6) is 11.5 Å². The Morgan fingerprint density at radius 3 is 2.68 bits per heavy atom. The Hall–Kier alpha value is -1.71. The minimum atomic E-state index is 0.624. The largest absolute Gasteiger partial charge is 0.489 e. The molecule has 4 heteroatoms. The maximum absolute atomic E-state index is 6.30. The molecule has 0 aliphatic carbocycles. The van der Waals surface area contributed by atoms with E-state index >= 15 is 0 Å². The SMILES string of the molecule is Clc1cc(CNCCc2ccccc2)cc2c1OCCCO2. The second kappa shape index (κ2) is 7.52. The average molecular weight is 318 g/mol. The van der Waals surface area contributed by atoms with E-state index in [1.807, 2.05) is 18.2 Å². The van der Waals surface area contributed by atoms with Gasteiger partial charge in [-0.25, -0.2) is 0 Å². The number of nitrogens with one attached hydrogen (secondary N) is 1. The van der Waals surface area contributed by atoms with Crippen LogP contribution in [0.3, 0.4) is 0 Å². The number of benzene rings is 2. The summed E-state index contributed by atoms with van der Waals surface area (Å²) < 4.78 is 11.3. The molecule has 3 rings (SSSR count). The zero-order valence-corrected chi connectivity index (χ0v) is 13.2. The third-order valence-electron chi connectivity index (χ3n) is 3.62. The standard InChI is InChI=1S/C18H20ClNO2/c19-16-11-15(12-17-18(16)22-10-4-9-21-17)13-20-8-7-14-5-2-1-3-6-14/h1-3,5-6,11-12,20H,4,7-10,13H2. The lowest BCUT2D eigenvalue weighted by molar-refractivity contribution is 0.297. The van der Waals surface area contributed by atoms with E-state index in [1.165, 1.54) is 5.56 Å². The van der Waals surface area contributed by atoms with E-state index in [0.717, 1.165) is 37.2 Å². The van der Waals surface area contributed by atoms with Crippen molar-refractivity contribution < 1.29 is 9.47 Å². The Morgan fingerprint density at radius 2 is 1.82 bits per heavy atom. The molecule has 2 aromatic carbocycles. The molecule has 3 nitrogen and oxygen atoms in total. The van der Waals surface area contributed by atoms with Crippen molar-refractivity contribution in [1.82, 2.24) is 5.32 Å². The van der Waals surface area contributed by atoms with Crippen molar-refractivity contribution in [2.24, 2.45) is 0 Å². The molecule has 0 saturated heterocycles. The molecular weight excluding hydrogens is 298 g/mol. The monoisotopic (exact) mass is 317 g/mol. The van der Waals surface area contributed by atoms with Gasteiger partial charge in [0, 0.05) is 13.0 Å². The minimum Gasteiger partial charge on any atom is -0.489 e. The Labute approximate surface area is 136 Å². The topological polar surface area (TPSA) is 30.5 Å². The highest BCUT2D eigenvalue weighted by Gasteiger charge is 2.15. The van der Waals surface area contributed by atoms with E-state index in [4.69, 9.17) is 21.1 Å². The Morgan fingerprint density at radius 1 is 1.00 bits per heavy atom. The van der Waals surface area contributed by atoms with Crippen LogP contribution in [0.15, 0.2) is 42.5 Å². The molecule has 22 heavy (non-hydrogen) atoms. The lowest BCUT2D eigenvalue weighted by Gasteiger charge is -2.12. The summed E-state index contributed by atoms with van der Waals surface area (Å²) in [4.78, 5) is 0. The van der Waals surface area contributed by atoms with Gasteiger partial charge in [-0.05, 0) is 36.2 Å². The van der Waals surface area contributed by atoms with Crippen LogP contribution in [0, 0.1) is 0 Å². The summed E-state index contributed by atoms with van der Waals surface area (Å²) in [6.45, 7) is 3.02. The van der Waals surface area contributed by atoms with Gasteiger partial charge in [0.1, 0.15) is 0 Å². The fourth-order valence-electron chi connectivity index (χ4n) is 2.50. The van der Waals surface area contributed by atoms with Gasteiger partial charge in [-0.2, -0.15) is 0 Å². The van der Waals surface area contributed by atoms with Crippen LogP contribution in [0.2, 0.25) is 5.02 Å². The number of ether oxygens (including phenoxy) is 2. The lowest BCUT2D eigenvalue weighted by atomic mass is 10.1. The molecule has 0 fully saturated rings. The van der Waals surface area contributed by atoms with Crippen molar-refractivity contribution in [3.8, 4) is 11.5 Å². The molecule has 0 atom stereocenters. The summed E-state index contributed by atoms with van der Waals surface area (Å²) in [7, 11) is 0. The maximum atomic E-state index is 6.30. The van der Waals surface area contributed by atoms with Crippen LogP contribution in [0.4, 0.5) is 0 Å². The number of halogens is 1. The third-order valence-corrected chi connectivity index (χ3v) is 3.91. The zero-order valence-electron chi connectivity index (χ0n) is 12.5. The van der Waals surface area contributed by atoms with E-state index in [0.29, 0.717) is 24.0 Å². The number of hydrogen-bond donors (Lipinski definition) is 1. The molecule has 1 aliphatic rings. The van der Waals surface area contributed by atoms with Crippen LogP contribution in [0.25, 0.3) is 0 Å². The fraction of sp³-hybridized carbons (Fsp3) is 0.333.